The van der Waals surface area contributed by atoms with Gasteiger partial charge in [0.05, 0.1) is 12.5 Å². The molecular weight excluding hydrogens is 258 g/mol. The highest BCUT2D eigenvalue weighted by Crippen LogP contribution is 2.30. The van der Waals surface area contributed by atoms with Gasteiger partial charge in [0.25, 0.3) is 0 Å². The molecule has 0 aromatic heterocycles. The van der Waals surface area contributed by atoms with E-state index in [9.17, 15) is 8.78 Å². The molecular formula is C14H11ClF2O. The zero-order valence-electron chi connectivity index (χ0n) is 9.66. The first kappa shape index (κ1) is 12.8. The van der Waals surface area contributed by atoms with Crippen LogP contribution >= 0.6 is 11.6 Å². The molecule has 2 rings (SSSR count). The van der Waals surface area contributed by atoms with E-state index in [2.05, 4.69) is 0 Å². The second-order valence-corrected chi connectivity index (χ2v) is 4.25. The number of alkyl halides is 1. The molecule has 0 bridgehead atoms. The molecule has 0 aliphatic heterocycles. The largest absolute Gasteiger partial charge is 0.497 e. The zero-order valence-corrected chi connectivity index (χ0v) is 10.4. The van der Waals surface area contributed by atoms with Crippen LogP contribution in [0.2, 0.25) is 0 Å². The van der Waals surface area contributed by atoms with Crippen LogP contribution in [0.1, 0.15) is 16.5 Å². The first-order valence-electron chi connectivity index (χ1n) is 5.35. The van der Waals surface area contributed by atoms with Crippen molar-refractivity contribution in [2.24, 2.45) is 0 Å². The molecule has 18 heavy (non-hydrogen) atoms. The molecule has 0 radical (unpaired) electrons. The molecule has 0 heterocycles. The summed E-state index contributed by atoms with van der Waals surface area (Å²) in [5, 5.41) is -0.522. The fourth-order valence-corrected chi connectivity index (χ4v) is 1.92. The minimum absolute atomic E-state index is 0.515. The van der Waals surface area contributed by atoms with Crippen molar-refractivity contribution in [1.82, 2.24) is 0 Å². The number of halogens is 3. The van der Waals surface area contributed by atoms with E-state index in [4.69, 9.17) is 16.3 Å². The fourth-order valence-electron chi connectivity index (χ4n) is 1.64. The maximum absolute atomic E-state index is 13.1. The molecule has 94 valence electrons. The van der Waals surface area contributed by atoms with E-state index in [-0.39, 0.29) is 0 Å². The second-order valence-electron chi connectivity index (χ2n) is 3.81. The number of benzene rings is 2. The molecule has 0 saturated carbocycles. The molecule has 1 nitrogen and oxygen atoms in total. The van der Waals surface area contributed by atoms with Gasteiger partial charge in [0.15, 0.2) is 11.6 Å². The van der Waals surface area contributed by atoms with Gasteiger partial charge in [0.2, 0.25) is 0 Å². The maximum Gasteiger partial charge on any atom is 0.159 e. The molecule has 0 N–H and O–H groups in total. The molecule has 4 heteroatoms. The van der Waals surface area contributed by atoms with Crippen LogP contribution in [0.5, 0.6) is 5.75 Å². The van der Waals surface area contributed by atoms with Gasteiger partial charge in [-0.05, 0) is 35.4 Å². The van der Waals surface area contributed by atoms with E-state index in [0.717, 1.165) is 17.7 Å². The third kappa shape index (κ3) is 2.62. The van der Waals surface area contributed by atoms with E-state index < -0.39 is 17.0 Å². The van der Waals surface area contributed by atoms with Crippen molar-refractivity contribution in [3.05, 3.63) is 65.2 Å². The lowest BCUT2D eigenvalue weighted by Gasteiger charge is -2.11. The van der Waals surface area contributed by atoms with Gasteiger partial charge in [-0.1, -0.05) is 18.2 Å². The van der Waals surface area contributed by atoms with Crippen LogP contribution in [0.3, 0.4) is 0 Å². The highest BCUT2D eigenvalue weighted by molar-refractivity contribution is 6.22. The average molecular weight is 269 g/mol. The number of ether oxygens (including phenoxy) is 1. The Morgan fingerprint density at radius 1 is 0.944 bits per heavy atom. The monoisotopic (exact) mass is 268 g/mol. The van der Waals surface area contributed by atoms with Gasteiger partial charge < -0.3 is 4.74 Å². The normalized spacial score (nSPS) is 12.2. The van der Waals surface area contributed by atoms with Crippen molar-refractivity contribution in [1.29, 1.82) is 0 Å². The van der Waals surface area contributed by atoms with E-state index in [1.807, 2.05) is 0 Å². The first-order valence-corrected chi connectivity index (χ1v) is 5.78. The van der Waals surface area contributed by atoms with Gasteiger partial charge in [-0.3, -0.25) is 0 Å². The van der Waals surface area contributed by atoms with Gasteiger partial charge in [-0.2, -0.15) is 0 Å². The standard InChI is InChI=1S/C14H11ClF2O/c1-18-11-5-2-9(3-6-11)14(15)10-4-7-12(16)13(17)8-10/h2-8,14H,1H3. The molecule has 0 fully saturated rings. The third-order valence-corrected chi connectivity index (χ3v) is 3.15. The zero-order chi connectivity index (χ0) is 13.1. The minimum atomic E-state index is -0.897. The maximum atomic E-state index is 13.1. The fraction of sp³-hybridized carbons (Fsp3) is 0.143. The molecule has 0 spiro atoms. The SMILES string of the molecule is COc1ccc(C(Cl)c2ccc(F)c(F)c2)cc1. The number of methoxy groups -OCH3 is 1. The summed E-state index contributed by atoms with van der Waals surface area (Å²) >= 11 is 6.22. The van der Waals surface area contributed by atoms with Crippen molar-refractivity contribution >= 4 is 11.6 Å². The van der Waals surface area contributed by atoms with Crippen LogP contribution in [-0.4, -0.2) is 7.11 Å². The lowest BCUT2D eigenvalue weighted by atomic mass is 10.0. The van der Waals surface area contributed by atoms with E-state index in [0.29, 0.717) is 11.3 Å². The molecule has 1 unspecified atom stereocenters. The van der Waals surface area contributed by atoms with Crippen molar-refractivity contribution < 1.29 is 13.5 Å². The van der Waals surface area contributed by atoms with Gasteiger partial charge in [-0.25, -0.2) is 8.78 Å². The summed E-state index contributed by atoms with van der Waals surface area (Å²) in [7, 11) is 1.57. The summed E-state index contributed by atoms with van der Waals surface area (Å²) in [6.45, 7) is 0. The predicted octanol–water partition coefficient (Wildman–Crippen LogP) is 4.30. The Hall–Kier alpha value is -1.61. The van der Waals surface area contributed by atoms with Gasteiger partial charge in [-0.15, -0.1) is 11.6 Å². The minimum Gasteiger partial charge on any atom is -0.497 e. The smallest absolute Gasteiger partial charge is 0.159 e. The summed E-state index contributed by atoms with van der Waals surface area (Å²) in [5.41, 5.74) is 1.31. The highest BCUT2D eigenvalue weighted by Gasteiger charge is 2.13. The second kappa shape index (κ2) is 5.36. The lowest BCUT2D eigenvalue weighted by Crippen LogP contribution is -1.96. The summed E-state index contributed by atoms with van der Waals surface area (Å²) in [6.07, 6.45) is 0. The van der Waals surface area contributed by atoms with E-state index in [1.54, 1.807) is 31.4 Å². The summed E-state index contributed by atoms with van der Waals surface area (Å²) in [4.78, 5) is 0. The van der Waals surface area contributed by atoms with Crippen LogP contribution in [0.15, 0.2) is 42.5 Å². The Morgan fingerprint density at radius 2 is 1.56 bits per heavy atom. The molecule has 2 aromatic rings. The van der Waals surface area contributed by atoms with Crippen LogP contribution in [0.25, 0.3) is 0 Å². The number of hydrogen-bond acceptors (Lipinski definition) is 1. The lowest BCUT2D eigenvalue weighted by molar-refractivity contribution is 0.414. The average Bonchev–Trinajstić information content (AvgIpc) is 2.41. The van der Waals surface area contributed by atoms with Gasteiger partial charge >= 0.3 is 0 Å². The molecule has 0 aliphatic rings. The first-order chi connectivity index (χ1) is 8.61. The van der Waals surface area contributed by atoms with E-state index >= 15 is 0 Å². The Kier molecular flexibility index (Phi) is 3.82. The van der Waals surface area contributed by atoms with Crippen LogP contribution < -0.4 is 4.74 Å². The number of hydrogen-bond donors (Lipinski definition) is 0. The van der Waals surface area contributed by atoms with E-state index in [1.165, 1.54) is 6.07 Å². The van der Waals surface area contributed by atoms with Crippen LogP contribution in [0.4, 0.5) is 8.78 Å². The van der Waals surface area contributed by atoms with Crippen molar-refractivity contribution in [2.45, 2.75) is 5.38 Å². The van der Waals surface area contributed by atoms with Crippen molar-refractivity contribution in [2.75, 3.05) is 7.11 Å². The number of rotatable bonds is 3. The van der Waals surface area contributed by atoms with Crippen LogP contribution in [-0.2, 0) is 0 Å². The molecule has 0 saturated heterocycles. The Bertz CT molecular complexity index is 540. The third-order valence-electron chi connectivity index (χ3n) is 2.64. The van der Waals surface area contributed by atoms with Crippen molar-refractivity contribution in [3.63, 3.8) is 0 Å². The highest BCUT2D eigenvalue weighted by atomic mass is 35.5. The van der Waals surface area contributed by atoms with Gasteiger partial charge in [0.1, 0.15) is 5.75 Å². The van der Waals surface area contributed by atoms with Crippen molar-refractivity contribution in [3.8, 4) is 5.75 Å². The predicted molar refractivity (Wildman–Crippen MR) is 67.0 cm³/mol. The topological polar surface area (TPSA) is 9.23 Å². The summed E-state index contributed by atoms with van der Waals surface area (Å²) in [6, 6.07) is 10.8. The summed E-state index contributed by atoms with van der Waals surface area (Å²) < 4.78 is 31.0. The molecule has 0 aliphatic carbocycles. The Labute approximate surface area is 109 Å². The summed E-state index contributed by atoms with van der Waals surface area (Å²) in [5.74, 6) is -1.06. The van der Waals surface area contributed by atoms with Gasteiger partial charge in [0, 0.05) is 0 Å². The molecule has 2 aromatic carbocycles. The Morgan fingerprint density at radius 3 is 2.11 bits per heavy atom. The van der Waals surface area contributed by atoms with Crippen LogP contribution in [0, 0.1) is 11.6 Å². The quantitative estimate of drug-likeness (QED) is 0.754. The molecule has 1 atom stereocenters. The molecule has 0 amide bonds. The Balaban J connectivity index is 2.28.